The third-order valence-electron chi connectivity index (χ3n) is 4.61. The van der Waals surface area contributed by atoms with Crippen LogP contribution in [-0.4, -0.2) is 27.9 Å². The van der Waals surface area contributed by atoms with Gasteiger partial charge in [0.25, 0.3) is 11.6 Å². The van der Waals surface area contributed by atoms with Crippen LogP contribution in [-0.2, 0) is 4.79 Å². The maximum Gasteiger partial charge on any atom is 0.442 e. The minimum Gasteiger partial charge on any atom is -0.457 e. The number of halogens is 3. The first-order valence-corrected chi connectivity index (χ1v) is 8.17. The molecule has 1 amide bonds. The van der Waals surface area contributed by atoms with Gasteiger partial charge < -0.3 is 9.84 Å². The molecular formula is C19H15F3N2O3. The molecule has 2 N–H and O–H groups in total. The number of hydrogen-bond acceptors (Lipinski definition) is 4. The van der Waals surface area contributed by atoms with E-state index in [0.717, 1.165) is 0 Å². The van der Waals surface area contributed by atoms with Gasteiger partial charge in [-0.25, -0.2) is 5.01 Å². The van der Waals surface area contributed by atoms with Crippen LogP contribution in [0.3, 0.4) is 0 Å². The van der Waals surface area contributed by atoms with Crippen molar-refractivity contribution in [2.45, 2.75) is 24.7 Å². The number of carbonyl (C=O) groups is 1. The molecule has 0 spiro atoms. The van der Waals surface area contributed by atoms with Crippen LogP contribution in [0.25, 0.3) is 0 Å². The van der Waals surface area contributed by atoms with Gasteiger partial charge in [-0.3, -0.25) is 10.2 Å². The molecule has 0 aromatic heterocycles. The highest BCUT2D eigenvalue weighted by molar-refractivity contribution is 5.90. The summed E-state index contributed by atoms with van der Waals surface area (Å²) < 4.78 is 46.4. The topological polar surface area (TPSA) is 61.8 Å². The van der Waals surface area contributed by atoms with Crippen LogP contribution in [0.5, 0.6) is 11.5 Å². The maximum absolute atomic E-state index is 13.5. The van der Waals surface area contributed by atoms with Gasteiger partial charge in [0.15, 0.2) is 0 Å². The third kappa shape index (κ3) is 2.56. The SMILES string of the molecule is CC1=CC(O)(C(F)(F)F)N(C(=O)C2c3ccccc3Oc3ccccc32)N1. The summed E-state index contributed by atoms with van der Waals surface area (Å²) in [6.45, 7) is 1.34. The zero-order valence-electron chi connectivity index (χ0n) is 14.1. The molecule has 0 fully saturated rings. The Morgan fingerprint density at radius 1 is 1.11 bits per heavy atom. The summed E-state index contributed by atoms with van der Waals surface area (Å²) in [7, 11) is 0. The first-order chi connectivity index (χ1) is 12.7. The number of nitrogens with one attached hydrogen (secondary N) is 1. The summed E-state index contributed by atoms with van der Waals surface area (Å²) in [5, 5.41) is 10.5. The van der Waals surface area contributed by atoms with Gasteiger partial charge in [-0.05, 0) is 25.1 Å². The first kappa shape index (κ1) is 17.4. The van der Waals surface area contributed by atoms with Gasteiger partial charge in [-0.1, -0.05) is 36.4 Å². The smallest absolute Gasteiger partial charge is 0.442 e. The number of hydrazine groups is 1. The molecule has 8 heteroatoms. The molecule has 2 aromatic rings. The highest BCUT2D eigenvalue weighted by Crippen LogP contribution is 2.47. The molecule has 1 atom stereocenters. The molecule has 5 nitrogen and oxygen atoms in total. The van der Waals surface area contributed by atoms with Crippen molar-refractivity contribution >= 4 is 5.91 Å². The summed E-state index contributed by atoms with van der Waals surface area (Å²) in [4.78, 5) is 13.2. The number of nitrogens with zero attached hydrogens (tertiary/aromatic N) is 1. The number of aliphatic hydroxyl groups is 1. The second kappa shape index (κ2) is 5.75. The van der Waals surface area contributed by atoms with E-state index in [1.165, 1.54) is 6.92 Å². The Labute approximate surface area is 152 Å². The van der Waals surface area contributed by atoms with Crippen LogP contribution >= 0.6 is 0 Å². The van der Waals surface area contributed by atoms with Crippen LogP contribution in [0, 0.1) is 0 Å². The quantitative estimate of drug-likeness (QED) is 0.801. The largest absolute Gasteiger partial charge is 0.457 e. The van der Waals surface area contributed by atoms with Crippen LogP contribution in [0.4, 0.5) is 13.2 Å². The number of amides is 1. The lowest BCUT2D eigenvalue weighted by Crippen LogP contribution is -2.61. The first-order valence-electron chi connectivity index (χ1n) is 8.17. The van der Waals surface area contributed by atoms with E-state index in [4.69, 9.17) is 4.74 Å². The van der Waals surface area contributed by atoms with Gasteiger partial charge in [0.1, 0.15) is 11.5 Å². The van der Waals surface area contributed by atoms with Gasteiger partial charge >= 0.3 is 6.18 Å². The summed E-state index contributed by atoms with van der Waals surface area (Å²) >= 11 is 0. The van der Waals surface area contributed by atoms with Crippen molar-refractivity contribution in [1.29, 1.82) is 0 Å². The van der Waals surface area contributed by atoms with Crippen LogP contribution in [0.1, 0.15) is 24.0 Å². The number of rotatable bonds is 1. The molecule has 27 heavy (non-hydrogen) atoms. The third-order valence-corrected chi connectivity index (χ3v) is 4.61. The van der Waals surface area contributed by atoms with Crippen LogP contribution in [0.2, 0.25) is 0 Å². The predicted molar refractivity (Wildman–Crippen MR) is 89.5 cm³/mol. The predicted octanol–water partition coefficient (Wildman–Crippen LogP) is 3.43. The van der Waals surface area contributed by atoms with Crippen molar-refractivity contribution in [2.75, 3.05) is 0 Å². The van der Waals surface area contributed by atoms with E-state index >= 15 is 0 Å². The molecule has 1 unspecified atom stereocenters. The van der Waals surface area contributed by atoms with Gasteiger partial charge in [0.2, 0.25) is 0 Å². The van der Waals surface area contributed by atoms with E-state index in [-0.39, 0.29) is 10.7 Å². The molecular weight excluding hydrogens is 361 g/mol. The Morgan fingerprint density at radius 2 is 1.63 bits per heavy atom. The molecule has 140 valence electrons. The fourth-order valence-corrected chi connectivity index (χ4v) is 3.40. The fraction of sp³-hybridized carbons (Fsp3) is 0.211. The molecule has 0 aliphatic carbocycles. The Bertz CT molecular complexity index is 912. The molecule has 0 radical (unpaired) electrons. The lowest BCUT2D eigenvalue weighted by molar-refractivity contribution is -0.289. The lowest BCUT2D eigenvalue weighted by atomic mass is 9.86. The average molecular weight is 376 g/mol. The van der Waals surface area contributed by atoms with Gasteiger partial charge in [0, 0.05) is 16.8 Å². The fourth-order valence-electron chi connectivity index (χ4n) is 3.40. The Hall–Kier alpha value is -3.00. The van der Waals surface area contributed by atoms with Gasteiger partial charge in [0.05, 0.1) is 5.92 Å². The van der Waals surface area contributed by atoms with Crippen LogP contribution in [0.15, 0.2) is 60.3 Å². The average Bonchev–Trinajstić information content (AvgIpc) is 2.94. The number of carbonyl (C=O) groups excluding carboxylic acids is 1. The summed E-state index contributed by atoms with van der Waals surface area (Å²) in [5.74, 6) is -1.24. The van der Waals surface area contributed by atoms with E-state index in [1.54, 1.807) is 48.5 Å². The second-order valence-corrected chi connectivity index (χ2v) is 6.45. The van der Waals surface area contributed by atoms with E-state index in [2.05, 4.69) is 5.43 Å². The number of para-hydroxylation sites is 2. The zero-order valence-corrected chi connectivity index (χ0v) is 14.1. The molecule has 2 aliphatic heterocycles. The van der Waals surface area contributed by atoms with Crippen LogP contribution < -0.4 is 10.2 Å². The monoisotopic (exact) mass is 376 g/mol. The number of benzene rings is 2. The zero-order chi connectivity index (χ0) is 19.4. The maximum atomic E-state index is 13.5. The Balaban J connectivity index is 1.83. The summed E-state index contributed by atoms with van der Waals surface area (Å²) in [5.41, 5.74) is -0.210. The summed E-state index contributed by atoms with van der Waals surface area (Å²) in [6, 6.07) is 13.3. The minimum atomic E-state index is -5.07. The molecule has 0 saturated carbocycles. The van der Waals surface area contributed by atoms with Gasteiger partial charge in [-0.2, -0.15) is 13.2 Å². The van der Waals surface area contributed by atoms with E-state index < -0.39 is 23.7 Å². The normalized spacial score (nSPS) is 21.7. The van der Waals surface area contributed by atoms with E-state index in [0.29, 0.717) is 28.7 Å². The molecule has 2 aliphatic rings. The van der Waals surface area contributed by atoms with Crippen molar-refractivity contribution in [2.24, 2.45) is 0 Å². The molecule has 2 heterocycles. The van der Waals surface area contributed by atoms with Crippen molar-refractivity contribution in [3.63, 3.8) is 0 Å². The van der Waals surface area contributed by atoms with Crippen molar-refractivity contribution in [3.8, 4) is 11.5 Å². The Morgan fingerprint density at radius 3 is 2.15 bits per heavy atom. The van der Waals surface area contributed by atoms with E-state index in [1.807, 2.05) is 0 Å². The van der Waals surface area contributed by atoms with Gasteiger partial charge in [-0.15, -0.1) is 0 Å². The standard InChI is InChI=1S/C19H15F3N2O3/c1-11-10-18(26,19(20,21)22)24(23-11)17(25)16-12-6-2-4-8-14(12)27-15-9-5-3-7-13(15)16/h2-10,16,23,26H,1H3. The summed E-state index contributed by atoms with van der Waals surface area (Å²) in [6.07, 6.45) is -4.49. The molecule has 4 rings (SSSR count). The Kier molecular flexibility index (Phi) is 3.71. The molecule has 0 bridgehead atoms. The number of allylic oxidation sites excluding steroid dienone is 1. The molecule has 2 aromatic carbocycles. The van der Waals surface area contributed by atoms with Crippen molar-refractivity contribution < 1.29 is 27.8 Å². The minimum absolute atomic E-state index is 0.0248. The highest BCUT2D eigenvalue weighted by atomic mass is 19.4. The number of fused-ring (bicyclic) bond motifs is 2. The van der Waals surface area contributed by atoms with Crippen molar-refractivity contribution in [3.05, 3.63) is 71.4 Å². The van der Waals surface area contributed by atoms with Crippen molar-refractivity contribution in [1.82, 2.24) is 10.4 Å². The second-order valence-electron chi connectivity index (χ2n) is 6.45. The molecule has 0 saturated heterocycles. The number of alkyl halides is 3. The lowest BCUT2D eigenvalue weighted by Gasteiger charge is -2.37. The van der Waals surface area contributed by atoms with E-state index in [9.17, 15) is 23.1 Å². The highest BCUT2D eigenvalue weighted by Gasteiger charge is 2.62. The number of hydrogen-bond donors (Lipinski definition) is 2. The number of ether oxygens (including phenoxy) is 1.